The first-order valence-corrected chi connectivity index (χ1v) is 6.22. The van der Waals surface area contributed by atoms with Crippen molar-refractivity contribution in [3.05, 3.63) is 29.1 Å². The molecule has 0 saturated heterocycles. The molecule has 98 valence electrons. The van der Waals surface area contributed by atoms with Gasteiger partial charge in [-0.2, -0.15) is 0 Å². The van der Waals surface area contributed by atoms with E-state index in [4.69, 9.17) is 11.6 Å². The normalized spacial score (nSPS) is 11.4. The van der Waals surface area contributed by atoms with Crippen molar-refractivity contribution in [1.29, 1.82) is 0 Å². The second kappa shape index (κ2) is 5.49. The molecule has 6 nitrogen and oxygen atoms in total. The van der Waals surface area contributed by atoms with Gasteiger partial charge in [-0.1, -0.05) is 30.7 Å². The van der Waals surface area contributed by atoms with Crippen LogP contribution in [-0.2, 0) is 20.1 Å². The van der Waals surface area contributed by atoms with Crippen molar-refractivity contribution in [1.82, 2.24) is 29.9 Å². The minimum atomic E-state index is 0.434. The second-order valence-corrected chi connectivity index (χ2v) is 4.89. The Kier molecular flexibility index (Phi) is 3.98. The van der Waals surface area contributed by atoms with Crippen LogP contribution >= 0.6 is 11.6 Å². The molecule has 0 radical (unpaired) electrons. The maximum absolute atomic E-state index is 5.93. The highest BCUT2D eigenvalue weighted by Crippen LogP contribution is 2.09. The van der Waals surface area contributed by atoms with E-state index in [1.54, 1.807) is 10.9 Å². The molecule has 0 unspecified atom stereocenters. The highest BCUT2D eigenvalue weighted by molar-refractivity contribution is 6.29. The van der Waals surface area contributed by atoms with Crippen molar-refractivity contribution < 1.29 is 0 Å². The van der Waals surface area contributed by atoms with E-state index < -0.39 is 0 Å². The number of aromatic nitrogens is 5. The predicted octanol–water partition coefficient (Wildman–Crippen LogP) is 1.21. The second-order valence-electron chi connectivity index (χ2n) is 4.50. The fourth-order valence-electron chi connectivity index (χ4n) is 1.52. The quantitative estimate of drug-likeness (QED) is 0.886. The van der Waals surface area contributed by atoms with Gasteiger partial charge in [0.05, 0.1) is 18.1 Å². The summed E-state index contributed by atoms with van der Waals surface area (Å²) >= 11 is 5.93. The van der Waals surface area contributed by atoms with Crippen molar-refractivity contribution in [2.45, 2.75) is 33.0 Å². The molecule has 0 fully saturated rings. The van der Waals surface area contributed by atoms with Crippen LogP contribution in [0.4, 0.5) is 0 Å². The van der Waals surface area contributed by atoms with Gasteiger partial charge in [-0.05, 0) is 0 Å². The number of nitrogens with one attached hydrogen (secondary N) is 1. The molecule has 2 aromatic heterocycles. The fraction of sp³-hybridized carbons (Fsp3) is 0.545. The maximum Gasteiger partial charge on any atom is 0.131 e. The lowest BCUT2D eigenvalue weighted by Gasteiger charge is -2.04. The molecule has 0 bridgehead atoms. The molecule has 7 heteroatoms. The number of hydrogen-bond acceptors (Lipinski definition) is 4. The lowest BCUT2D eigenvalue weighted by molar-refractivity contribution is 0.580. The predicted molar refractivity (Wildman–Crippen MR) is 69.3 cm³/mol. The van der Waals surface area contributed by atoms with Gasteiger partial charge in [0.2, 0.25) is 0 Å². The number of rotatable bonds is 5. The van der Waals surface area contributed by atoms with E-state index in [2.05, 4.69) is 34.5 Å². The summed E-state index contributed by atoms with van der Waals surface area (Å²) in [5.41, 5.74) is 0.920. The molecule has 0 amide bonds. The molecular weight excluding hydrogens is 252 g/mol. The minimum absolute atomic E-state index is 0.434. The monoisotopic (exact) mass is 268 g/mol. The van der Waals surface area contributed by atoms with Crippen LogP contribution in [0, 0.1) is 0 Å². The zero-order chi connectivity index (χ0) is 13.1. The Hall–Kier alpha value is -1.40. The van der Waals surface area contributed by atoms with Gasteiger partial charge in [0.15, 0.2) is 0 Å². The molecule has 0 aliphatic rings. The minimum Gasteiger partial charge on any atom is -0.321 e. The van der Waals surface area contributed by atoms with Crippen LogP contribution in [0.15, 0.2) is 12.4 Å². The van der Waals surface area contributed by atoms with Crippen LogP contribution in [0.25, 0.3) is 0 Å². The largest absolute Gasteiger partial charge is 0.321 e. The Morgan fingerprint density at radius 3 is 2.83 bits per heavy atom. The lowest BCUT2D eigenvalue weighted by atomic mass is 10.3. The third kappa shape index (κ3) is 3.08. The number of nitrogens with zero attached hydrogens (tertiary/aromatic N) is 5. The summed E-state index contributed by atoms with van der Waals surface area (Å²) in [5, 5.41) is 12.1. The third-order valence-corrected chi connectivity index (χ3v) is 2.96. The fourth-order valence-corrected chi connectivity index (χ4v) is 1.67. The first-order chi connectivity index (χ1) is 8.56. The summed E-state index contributed by atoms with van der Waals surface area (Å²) < 4.78 is 3.59. The van der Waals surface area contributed by atoms with Crippen LogP contribution < -0.4 is 5.32 Å². The van der Waals surface area contributed by atoms with Crippen LogP contribution in [0.1, 0.15) is 25.4 Å². The third-order valence-electron chi connectivity index (χ3n) is 2.61. The molecule has 0 aliphatic heterocycles. The topological polar surface area (TPSA) is 60.6 Å². The molecule has 1 N–H and O–H groups in total. The summed E-state index contributed by atoms with van der Waals surface area (Å²) in [6.45, 7) is 5.48. The van der Waals surface area contributed by atoms with E-state index in [-0.39, 0.29) is 0 Å². The van der Waals surface area contributed by atoms with Gasteiger partial charge in [0.25, 0.3) is 0 Å². The summed E-state index contributed by atoms with van der Waals surface area (Å²) in [6, 6.07) is 0.434. The summed E-state index contributed by atoms with van der Waals surface area (Å²) in [7, 11) is 1.88. The van der Waals surface area contributed by atoms with Crippen molar-refractivity contribution in [2.24, 2.45) is 7.05 Å². The van der Waals surface area contributed by atoms with E-state index in [1.807, 2.05) is 17.8 Å². The number of halogens is 1. The van der Waals surface area contributed by atoms with Crippen LogP contribution in [0.2, 0.25) is 5.15 Å². The van der Waals surface area contributed by atoms with Crippen molar-refractivity contribution >= 4 is 11.6 Å². The van der Waals surface area contributed by atoms with E-state index in [0.29, 0.717) is 17.7 Å². The van der Waals surface area contributed by atoms with Crippen molar-refractivity contribution in [3.63, 3.8) is 0 Å². The zero-order valence-corrected chi connectivity index (χ0v) is 11.5. The van der Waals surface area contributed by atoms with Crippen molar-refractivity contribution in [3.8, 4) is 0 Å². The van der Waals surface area contributed by atoms with Crippen LogP contribution in [-0.4, -0.2) is 30.6 Å². The van der Waals surface area contributed by atoms with Gasteiger partial charge in [-0.15, -0.1) is 5.10 Å². The molecule has 18 heavy (non-hydrogen) atoms. The molecule has 0 aliphatic carbocycles. The van der Waals surface area contributed by atoms with Crippen LogP contribution in [0.3, 0.4) is 0 Å². The average Bonchev–Trinajstić information content (AvgIpc) is 2.89. The Morgan fingerprint density at radius 2 is 2.22 bits per heavy atom. The van der Waals surface area contributed by atoms with Gasteiger partial charge < -0.3 is 9.88 Å². The lowest BCUT2D eigenvalue weighted by Crippen LogP contribution is -2.21. The molecule has 0 atom stereocenters. The molecule has 2 aromatic rings. The molecule has 0 spiro atoms. The SMILES string of the molecule is CC(C)NCc1cn(Cc2ncc(Cl)n2C)nn1. The van der Waals surface area contributed by atoms with Gasteiger partial charge >= 0.3 is 0 Å². The zero-order valence-electron chi connectivity index (χ0n) is 10.8. The van der Waals surface area contributed by atoms with Crippen LogP contribution in [0.5, 0.6) is 0 Å². The Balaban J connectivity index is 2.00. The van der Waals surface area contributed by atoms with Gasteiger partial charge in [0.1, 0.15) is 17.5 Å². The number of imidazole rings is 1. The smallest absolute Gasteiger partial charge is 0.131 e. The van der Waals surface area contributed by atoms with E-state index in [9.17, 15) is 0 Å². The molecule has 2 heterocycles. The first kappa shape index (κ1) is 13.0. The van der Waals surface area contributed by atoms with Gasteiger partial charge in [0, 0.05) is 19.6 Å². The highest BCUT2D eigenvalue weighted by atomic mass is 35.5. The molecule has 0 aromatic carbocycles. The van der Waals surface area contributed by atoms with E-state index >= 15 is 0 Å². The highest BCUT2D eigenvalue weighted by Gasteiger charge is 2.07. The van der Waals surface area contributed by atoms with Gasteiger partial charge in [-0.3, -0.25) is 0 Å². The number of hydrogen-bond donors (Lipinski definition) is 1. The Morgan fingerprint density at radius 1 is 1.44 bits per heavy atom. The molecule has 2 rings (SSSR count). The average molecular weight is 269 g/mol. The maximum atomic E-state index is 5.93. The first-order valence-electron chi connectivity index (χ1n) is 5.84. The summed E-state index contributed by atoms with van der Waals surface area (Å²) in [6.07, 6.45) is 3.55. The van der Waals surface area contributed by atoms with E-state index in [1.165, 1.54) is 0 Å². The van der Waals surface area contributed by atoms with E-state index in [0.717, 1.165) is 18.1 Å². The molecular formula is C11H17ClN6. The molecule has 0 saturated carbocycles. The van der Waals surface area contributed by atoms with Gasteiger partial charge in [-0.25, -0.2) is 9.67 Å². The standard InChI is InChI=1S/C11H17ClN6/c1-8(2)13-4-9-6-18(16-15-9)7-11-14-5-10(12)17(11)3/h5-6,8,13H,4,7H2,1-3H3. The Labute approximate surface area is 111 Å². The van der Waals surface area contributed by atoms with Crippen molar-refractivity contribution in [2.75, 3.05) is 0 Å². The Bertz CT molecular complexity index is 515. The summed E-state index contributed by atoms with van der Waals surface area (Å²) in [5.74, 6) is 0.855. The summed E-state index contributed by atoms with van der Waals surface area (Å²) in [4.78, 5) is 4.22.